The lowest BCUT2D eigenvalue weighted by Crippen LogP contribution is -2.52. The summed E-state index contributed by atoms with van der Waals surface area (Å²) in [6, 6.07) is 28.7. The summed E-state index contributed by atoms with van der Waals surface area (Å²) in [6.45, 7) is 0.310. The second-order valence-electron chi connectivity index (χ2n) is 10.9. The molecule has 0 saturated carbocycles. The molecule has 1 N–H and O–H groups in total. The van der Waals surface area contributed by atoms with Crippen LogP contribution in [0.3, 0.4) is 0 Å². The summed E-state index contributed by atoms with van der Waals surface area (Å²) in [5.41, 5.74) is 4.62. The molecule has 2 fully saturated rings. The Morgan fingerprint density at radius 2 is 1.47 bits per heavy atom. The standard InChI is InChI=1S/C33H31NO4/c1-37-30-17-14-21-8-2-3-9-24(21)31(30)33(36)18-22-15-16-23(19-33)34(22)32(35)38-20-29-27-12-6-4-10-25(27)26-11-5-7-13-28(26)29/h2-14,17,22-23,29,36H,15-16,18-20H2,1H3. The monoisotopic (exact) mass is 505 g/mol. The van der Waals surface area contributed by atoms with Crippen molar-refractivity contribution in [3.63, 3.8) is 0 Å². The molecule has 4 aromatic rings. The Morgan fingerprint density at radius 1 is 0.868 bits per heavy atom. The van der Waals surface area contributed by atoms with Gasteiger partial charge in [-0.1, -0.05) is 78.9 Å². The predicted octanol–water partition coefficient (Wildman–Crippen LogP) is 6.61. The van der Waals surface area contributed by atoms with Gasteiger partial charge in [-0.25, -0.2) is 4.79 Å². The Kier molecular flexibility index (Phi) is 5.45. The first-order valence-electron chi connectivity index (χ1n) is 13.5. The molecule has 2 saturated heterocycles. The lowest BCUT2D eigenvalue weighted by atomic mass is 9.78. The topological polar surface area (TPSA) is 59.0 Å². The quantitative estimate of drug-likeness (QED) is 0.339. The highest BCUT2D eigenvalue weighted by Gasteiger charge is 2.52. The van der Waals surface area contributed by atoms with E-state index in [9.17, 15) is 9.90 Å². The maximum absolute atomic E-state index is 13.5. The fourth-order valence-electron chi connectivity index (χ4n) is 7.30. The molecule has 5 nitrogen and oxygen atoms in total. The van der Waals surface area contributed by atoms with Crippen molar-refractivity contribution in [3.05, 3.63) is 102 Å². The zero-order chi connectivity index (χ0) is 25.9. The molecule has 3 aliphatic rings. The van der Waals surface area contributed by atoms with Crippen molar-refractivity contribution < 1.29 is 19.4 Å². The summed E-state index contributed by atoms with van der Waals surface area (Å²) in [5.74, 6) is 0.728. The van der Waals surface area contributed by atoms with Gasteiger partial charge < -0.3 is 19.5 Å². The number of benzene rings is 4. The molecule has 2 aliphatic heterocycles. The number of nitrogens with zero attached hydrogens (tertiary/aromatic N) is 1. The van der Waals surface area contributed by atoms with Crippen LogP contribution in [0.1, 0.15) is 48.3 Å². The number of hydrogen-bond acceptors (Lipinski definition) is 4. The van der Waals surface area contributed by atoms with Gasteiger partial charge in [0.05, 0.1) is 12.7 Å². The smallest absolute Gasteiger partial charge is 0.410 e. The SMILES string of the molecule is COc1ccc2ccccc2c1C1(O)CC2CCC(C1)N2C(=O)OCC1c2ccccc2-c2ccccc21. The number of hydrogen-bond donors (Lipinski definition) is 1. The average Bonchev–Trinajstić information content (AvgIpc) is 3.42. The van der Waals surface area contributed by atoms with Crippen molar-refractivity contribution in [2.75, 3.05) is 13.7 Å². The second kappa shape index (κ2) is 8.88. The van der Waals surface area contributed by atoms with Crippen LogP contribution in [0.2, 0.25) is 0 Å². The first kappa shape index (κ1) is 23.3. The van der Waals surface area contributed by atoms with Gasteiger partial charge in [-0.3, -0.25) is 0 Å². The van der Waals surface area contributed by atoms with Gasteiger partial charge in [-0.05, 0) is 51.9 Å². The molecule has 1 aliphatic carbocycles. The van der Waals surface area contributed by atoms with Crippen LogP contribution in [0.15, 0.2) is 84.9 Å². The van der Waals surface area contributed by atoms with Gasteiger partial charge in [-0.2, -0.15) is 0 Å². The molecular formula is C33H31NO4. The van der Waals surface area contributed by atoms with Gasteiger partial charge in [0.25, 0.3) is 0 Å². The van der Waals surface area contributed by atoms with Gasteiger partial charge in [0, 0.05) is 36.4 Å². The van der Waals surface area contributed by atoms with Crippen LogP contribution in [-0.2, 0) is 10.3 Å². The number of piperidine rings is 1. The third kappa shape index (κ3) is 3.52. The van der Waals surface area contributed by atoms with E-state index in [1.165, 1.54) is 22.3 Å². The molecule has 7 rings (SSSR count). The Balaban J connectivity index is 1.13. The minimum Gasteiger partial charge on any atom is -0.496 e. The fraction of sp³-hybridized carbons (Fsp3) is 0.303. The molecule has 2 bridgehead atoms. The van der Waals surface area contributed by atoms with E-state index in [4.69, 9.17) is 9.47 Å². The average molecular weight is 506 g/mol. The summed E-state index contributed by atoms with van der Waals surface area (Å²) in [5, 5.41) is 14.2. The van der Waals surface area contributed by atoms with Gasteiger partial charge >= 0.3 is 6.09 Å². The number of fused-ring (bicyclic) bond motifs is 6. The molecule has 2 heterocycles. The Morgan fingerprint density at radius 3 is 2.13 bits per heavy atom. The molecule has 0 aromatic heterocycles. The zero-order valence-electron chi connectivity index (χ0n) is 21.5. The van der Waals surface area contributed by atoms with E-state index in [0.717, 1.165) is 29.2 Å². The molecule has 38 heavy (non-hydrogen) atoms. The van der Waals surface area contributed by atoms with Gasteiger partial charge in [0.2, 0.25) is 0 Å². The number of carbonyl (C=O) groups excluding carboxylic acids is 1. The number of ether oxygens (including phenoxy) is 2. The molecule has 1 amide bonds. The van der Waals surface area contributed by atoms with E-state index in [0.29, 0.717) is 25.2 Å². The fourth-order valence-corrected chi connectivity index (χ4v) is 7.30. The van der Waals surface area contributed by atoms with Crippen LogP contribution >= 0.6 is 0 Å². The highest BCUT2D eigenvalue weighted by atomic mass is 16.6. The van der Waals surface area contributed by atoms with Crippen molar-refractivity contribution in [1.29, 1.82) is 0 Å². The van der Waals surface area contributed by atoms with Crippen molar-refractivity contribution in [3.8, 4) is 16.9 Å². The van der Waals surface area contributed by atoms with Crippen molar-refractivity contribution in [2.45, 2.75) is 49.3 Å². The summed E-state index contributed by atoms with van der Waals surface area (Å²) in [6.07, 6.45) is 2.40. The minimum absolute atomic E-state index is 0.0330. The van der Waals surface area contributed by atoms with E-state index < -0.39 is 5.60 Å². The predicted molar refractivity (Wildman–Crippen MR) is 147 cm³/mol. The summed E-state index contributed by atoms with van der Waals surface area (Å²) < 4.78 is 11.8. The summed E-state index contributed by atoms with van der Waals surface area (Å²) >= 11 is 0. The largest absolute Gasteiger partial charge is 0.496 e. The van der Waals surface area contributed by atoms with Crippen LogP contribution in [0.5, 0.6) is 5.75 Å². The van der Waals surface area contributed by atoms with E-state index in [-0.39, 0.29) is 24.1 Å². The number of rotatable bonds is 4. The lowest BCUT2D eigenvalue weighted by molar-refractivity contribution is -0.0532. The van der Waals surface area contributed by atoms with Crippen LogP contribution in [0.25, 0.3) is 21.9 Å². The van der Waals surface area contributed by atoms with Crippen molar-refractivity contribution >= 4 is 16.9 Å². The molecule has 4 aromatic carbocycles. The molecule has 192 valence electrons. The highest BCUT2D eigenvalue weighted by molar-refractivity contribution is 5.89. The lowest BCUT2D eigenvalue weighted by Gasteiger charge is -2.44. The van der Waals surface area contributed by atoms with E-state index in [1.807, 2.05) is 47.4 Å². The number of methoxy groups -OCH3 is 1. The van der Waals surface area contributed by atoms with Crippen molar-refractivity contribution in [1.82, 2.24) is 4.90 Å². The Bertz CT molecular complexity index is 1490. The second-order valence-corrected chi connectivity index (χ2v) is 10.9. The minimum atomic E-state index is -1.07. The first-order valence-corrected chi connectivity index (χ1v) is 13.5. The summed E-state index contributed by atoms with van der Waals surface area (Å²) in [4.78, 5) is 15.4. The van der Waals surface area contributed by atoms with Crippen LogP contribution in [0.4, 0.5) is 4.79 Å². The normalized spacial score (nSPS) is 23.8. The van der Waals surface area contributed by atoms with Crippen LogP contribution in [0, 0.1) is 0 Å². The van der Waals surface area contributed by atoms with E-state index in [2.05, 4.69) is 42.5 Å². The molecular weight excluding hydrogens is 474 g/mol. The number of carbonyl (C=O) groups is 1. The maximum atomic E-state index is 13.5. The maximum Gasteiger partial charge on any atom is 0.410 e. The number of aliphatic hydroxyl groups is 1. The molecule has 5 heteroatoms. The summed E-state index contributed by atoms with van der Waals surface area (Å²) in [7, 11) is 1.65. The van der Waals surface area contributed by atoms with E-state index >= 15 is 0 Å². The Labute approximate surface area is 222 Å². The molecule has 0 spiro atoms. The first-order chi connectivity index (χ1) is 18.6. The molecule has 0 radical (unpaired) electrons. The molecule has 2 unspecified atom stereocenters. The van der Waals surface area contributed by atoms with Crippen LogP contribution in [-0.4, -0.2) is 41.9 Å². The van der Waals surface area contributed by atoms with Gasteiger partial charge in [0.1, 0.15) is 12.4 Å². The zero-order valence-corrected chi connectivity index (χ0v) is 21.5. The Hall–Kier alpha value is -3.83. The molecule has 2 atom stereocenters. The number of amides is 1. The van der Waals surface area contributed by atoms with Gasteiger partial charge in [-0.15, -0.1) is 0 Å². The van der Waals surface area contributed by atoms with Gasteiger partial charge in [0.15, 0.2) is 0 Å². The third-order valence-electron chi connectivity index (χ3n) is 8.89. The third-order valence-corrected chi connectivity index (χ3v) is 8.89. The highest BCUT2D eigenvalue weighted by Crippen LogP contribution is 2.50. The van der Waals surface area contributed by atoms with Crippen LogP contribution < -0.4 is 4.74 Å². The van der Waals surface area contributed by atoms with Crippen molar-refractivity contribution in [2.24, 2.45) is 0 Å². The van der Waals surface area contributed by atoms with E-state index in [1.54, 1.807) is 7.11 Å².